The van der Waals surface area contributed by atoms with Crippen LogP contribution in [0.4, 0.5) is 0 Å². The Balaban J connectivity index is 2.14. The third-order valence-corrected chi connectivity index (χ3v) is 5.41. The van der Waals surface area contributed by atoms with Gasteiger partial charge in [-0.2, -0.15) is 0 Å². The minimum absolute atomic E-state index is 0.183. The number of carbonyl (C=O) groups is 1. The van der Waals surface area contributed by atoms with Gasteiger partial charge in [0.1, 0.15) is 0 Å². The van der Waals surface area contributed by atoms with E-state index in [2.05, 4.69) is 5.32 Å². The predicted molar refractivity (Wildman–Crippen MR) is 113 cm³/mol. The van der Waals surface area contributed by atoms with E-state index in [9.17, 15) is 13.2 Å². The first-order valence-corrected chi connectivity index (χ1v) is 11.7. The van der Waals surface area contributed by atoms with Crippen molar-refractivity contribution in [2.24, 2.45) is 0 Å². The minimum Gasteiger partial charge on any atom is -0.490 e. The molecule has 158 valence electrons. The van der Waals surface area contributed by atoms with Crippen LogP contribution in [0.15, 0.2) is 47.4 Å². The molecule has 6 nitrogen and oxygen atoms in total. The Kier molecular flexibility index (Phi) is 8.08. The number of carbonyl (C=O) groups excluding carboxylic acids is 1. The second kappa shape index (κ2) is 10.3. The molecule has 0 spiro atoms. The molecule has 0 aliphatic rings. The van der Waals surface area contributed by atoms with Gasteiger partial charge in [0.05, 0.1) is 24.2 Å². The second-order valence-electron chi connectivity index (χ2n) is 6.89. The number of ether oxygens (including phenoxy) is 2. The highest BCUT2D eigenvalue weighted by molar-refractivity contribution is 7.90. The fourth-order valence-electron chi connectivity index (χ4n) is 2.67. The Morgan fingerprint density at radius 1 is 0.966 bits per heavy atom. The molecule has 0 saturated heterocycles. The SMILES string of the molecule is CCCOc1ccc([C@@H](C)NC(=O)c2ccc(S(C)(=O)=O)cc2)cc1OCCC. The van der Waals surface area contributed by atoms with Gasteiger partial charge in [0, 0.05) is 11.8 Å². The van der Waals surface area contributed by atoms with Gasteiger partial charge in [0.25, 0.3) is 5.91 Å². The van der Waals surface area contributed by atoms with Crippen LogP contribution in [0.2, 0.25) is 0 Å². The largest absolute Gasteiger partial charge is 0.490 e. The van der Waals surface area contributed by atoms with Crippen molar-refractivity contribution in [3.05, 3.63) is 53.6 Å². The standard InChI is InChI=1S/C22H29NO5S/c1-5-13-27-20-12-9-18(15-21(20)28-14-6-2)16(3)23-22(24)17-7-10-19(11-8-17)29(4,25)26/h7-12,15-16H,5-6,13-14H2,1-4H3,(H,23,24)/t16-/m1/s1. The molecule has 0 saturated carbocycles. The average Bonchev–Trinajstić information content (AvgIpc) is 2.70. The summed E-state index contributed by atoms with van der Waals surface area (Å²) in [6, 6.07) is 11.3. The third-order valence-electron chi connectivity index (χ3n) is 4.28. The highest BCUT2D eigenvalue weighted by atomic mass is 32.2. The zero-order chi connectivity index (χ0) is 21.4. The van der Waals surface area contributed by atoms with E-state index in [1.54, 1.807) is 0 Å². The number of hydrogen-bond donors (Lipinski definition) is 1. The van der Waals surface area contributed by atoms with Crippen molar-refractivity contribution in [1.82, 2.24) is 5.32 Å². The van der Waals surface area contributed by atoms with Crippen LogP contribution < -0.4 is 14.8 Å². The maximum atomic E-state index is 12.5. The van der Waals surface area contributed by atoms with Gasteiger partial charge in [-0.05, 0) is 61.7 Å². The van der Waals surface area contributed by atoms with Crippen molar-refractivity contribution < 1.29 is 22.7 Å². The summed E-state index contributed by atoms with van der Waals surface area (Å²) in [4.78, 5) is 12.7. The number of amides is 1. The lowest BCUT2D eigenvalue weighted by molar-refractivity contribution is 0.0939. The molecular weight excluding hydrogens is 390 g/mol. The Hall–Kier alpha value is -2.54. The fraction of sp³-hybridized carbons (Fsp3) is 0.409. The van der Waals surface area contributed by atoms with E-state index in [4.69, 9.17) is 9.47 Å². The molecule has 2 rings (SSSR count). The first-order chi connectivity index (χ1) is 13.8. The molecule has 0 aliphatic carbocycles. The second-order valence-corrected chi connectivity index (χ2v) is 8.91. The lowest BCUT2D eigenvalue weighted by Gasteiger charge is -2.18. The van der Waals surface area contributed by atoms with E-state index < -0.39 is 9.84 Å². The van der Waals surface area contributed by atoms with Gasteiger partial charge in [-0.1, -0.05) is 19.9 Å². The van der Waals surface area contributed by atoms with Crippen molar-refractivity contribution >= 4 is 15.7 Å². The maximum absolute atomic E-state index is 12.5. The lowest BCUT2D eigenvalue weighted by Crippen LogP contribution is -2.26. The molecule has 2 aromatic rings. The summed E-state index contributed by atoms with van der Waals surface area (Å²) >= 11 is 0. The number of nitrogens with one attached hydrogen (secondary N) is 1. The van der Waals surface area contributed by atoms with Crippen molar-refractivity contribution in [2.75, 3.05) is 19.5 Å². The van der Waals surface area contributed by atoms with Gasteiger partial charge in [-0.3, -0.25) is 4.79 Å². The van der Waals surface area contributed by atoms with Crippen molar-refractivity contribution in [3.8, 4) is 11.5 Å². The van der Waals surface area contributed by atoms with Gasteiger partial charge in [-0.25, -0.2) is 8.42 Å². The molecule has 0 radical (unpaired) electrons. The van der Waals surface area contributed by atoms with Crippen molar-refractivity contribution in [1.29, 1.82) is 0 Å². The summed E-state index contributed by atoms with van der Waals surface area (Å²) in [5, 5.41) is 2.93. The van der Waals surface area contributed by atoms with Crippen LogP contribution in [0.1, 0.15) is 55.6 Å². The highest BCUT2D eigenvalue weighted by Crippen LogP contribution is 2.31. The van der Waals surface area contributed by atoms with E-state index in [0.717, 1.165) is 24.7 Å². The van der Waals surface area contributed by atoms with E-state index in [-0.39, 0.29) is 16.8 Å². The van der Waals surface area contributed by atoms with Crippen LogP contribution in [0.3, 0.4) is 0 Å². The average molecular weight is 420 g/mol. The van der Waals surface area contributed by atoms with E-state index in [0.29, 0.717) is 30.3 Å². The van der Waals surface area contributed by atoms with Crippen LogP contribution in [-0.4, -0.2) is 33.8 Å². The third kappa shape index (κ3) is 6.49. The normalized spacial score (nSPS) is 12.3. The monoisotopic (exact) mass is 419 g/mol. The smallest absolute Gasteiger partial charge is 0.251 e. The number of sulfone groups is 1. The van der Waals surface area contributed by atoms with E-state index in [1.165, 1.54) is 24.3 Å². The first-order valence-electron chi connectivity index (χ1n) is 9.76. The molecule has 29 heavy (non-hydrogen) atoms. The zero-order valence-electron chi connectivity index (χ0n) is 17.4. The molecule has 0 unspecified atom stereocenters. The fourth-order valence-corrected chi connectivity index (χ4v) is 3.30. The summed E-state index contributed by atoms with van der Waals surface area (Å²) in [7, 11) is -3.29. The Morgan fingerprint density at radius 3 is 2.10 bits per heavy atom. The molecule has 1 amide bonds. The van der Waals surface area contributed by atoms with Crippen LogP contribution in [0.5, 0.6) is 11.5 Å². The summed E-state index contributed by atoms with van der Waals surface area (Å²) in [5.41, 5.74) is 1.29. The molecular formula is C22H29NO5S. The summed E-state index contributed by atoms with van der Waals surface area (Å²) < 4.78 is 34.7. The summed E-state index contributed by atoms with van der Waals surface area (Å²) in [6.45, 7) is 7.15. The molecule has 0 aromatic heterocycles. The molecule has 2 aromatic carbocycles. The quantitative estimate of drug-likeness (QED) is 0.625. The molecule has 0 aliphatic heterocycles. The zero-order valence-corrected chi connectivity index (χ0v) is 18.2. The maximum Gasteiger partial charge on any atom is 0.251 e. The van der Waals surface area contributed by atoms with Crippen LogP contribution in [0.25, 0.3) is 0 Å². The Morgan fingerprint density at radius 2 is 1.55 bits per heavy atom. The van der Waals surface area contributed by atoms with Crippen LogP contribution >= 0.6 is 0 Å². The summed E-state index contributed by atoms with van der Waals surface area (Å²) in [5.74, 6) is 1.08. The molecule has 0 bridgehead atoms. The highest BCUT2D eigenvalue weighted by Gasteiger charge is 2.15. The molecule has 1 N–H and O–H groups in total. The topological polar surface area (TPSA) is 81.7 Å². The minimum atomic E-state index is -3.29. The molecule has 1 atom stereocenters. The number of benzene rings is 2. The van der Waals surface area contributed by atoms with Crippen molar-refractivity contribution in [2.45, 2.75) is 44.6 Å². The van der Waals surface area contributed by atoms with Crippen LogP contribution in [-0.2, 0) is 9.84 Å². The van der Waals surface area contributed by atoms with Crippen LogP contribution in [0, 0.1) is 0 Å². The number of hydrogen-bond acceptors (Lipinski definition) is 5. The predicted octanol–water partition coefficient (Wildman–Crippen LogP) is 4.16. The van der Waals surface area contributed by atoms with Crippen molar-refractivity contribution in [3.63, 3.8) is 0 Å². The molecule has 0 fully saturated rings. The number of rotatable bonds is 10. The van der Waals surface area contributed by atoms with Gasteiger partial charge in [0.2, 0.25) is 0 Å². The molecule has 7 heteroatoms. The van der Waals surface area contributed by atoms with Gasteiger partial charge in [-0.15, -0.1) is 0 Å². The van der Waals surface area contributed by atoms with Gasteiger partial charge >= 0.3 is 0 Å². The van der Waals surface area contributed by atoms with Gasteiger partial charge < -0.3 is 14.8 Å². The van der Waals surface area contributed by atoms with E-state index in [1.807, 2.05) is 39.0 Å². The Labute approximate surface area is 173 Å². The van der Waals surface area contributed by atoms with Gasteiger partial charge in [0.15, 0.2) is 21.3 Å². The first kappa shape index (κ1) is 22.7. The summed E-state index contributed by atoms with van der Waals surface area (Å²) in [6.07, 6.45) is 2.92. The Bertz CT molecular complexity index is 923. The van der Waals surface area contributed by atoms with E-state index >= 15 is 0 Å². The lowest BCUT2D eigenvalue weighted by atomic mass is 10.1. The molecule has 0 heterocycles.